The Kier molecular flexibility index (Phi) is 5.37. The predicted octanol–water partition coefficient (Wildman–Crippen LogP) is 2.54. The number of benzene rings is 1. The van der Waals surface area contributed by atoms with Crippen molar-refractivity contribution in [3.05, 3.63) is 69.9 Å². The lowest BCUT2D eigenvalue weighted by molar-refractivity contribution is -0.0171. The largest absolute Gasteiger partial charge is 0.466 e. The lowest BCUT2D eigenvalue weighted by atomic mass is 9.93. The van der Waals surface area contributed by atoms with Crippen LogP contribution in [0.3, 0.4) is 0 Å². The smallest absolute Gasteiger partial charge is 0.255 e. The summed E-state index contributed by atoms with van der Waals surface area (Å²) in [5, 5.41) is 3.01. The summed E-state index contributed by atoms with van der Waals surface area (Å²) in [4.78, 5) is 39.2. The van der Waals surface area contributed by atoms with Gasteiger partial charge >= 0.3 is 0 Å². The first-order valence-corrected chi connectivity index (χ1v) is 10.7. The van der Waals surface area contributed by atoms with Gasteiger partial charge in [0, 0.05) is 24.4 Å². The molecule has 0 aliphatic carbocycles. The van der Waals surface area contributed by atoms with Gasteiger partial charge in [0.15, 0.2) is 6.79 Å². The van der Waals surface area contributed by atoms with E-state index in [1.54, 1.807) is 16.8 Å². The van der Waals surface area contributed by atoms with Crippen LogP contribution in [0.1, 0.15) is 47.9 Å². The molecule has 1 N–H and O–H groups in total. The number of fused-ring (bicyclic) bond motifs is 2. The van der Waals surface area contributed by atoms with Crippen LogP contribution in [0.25, 0.3) is 11.4 Å². The van der Waals surface area contributed by atoms with Crippen molar-refractivity contribution in [2.75, 3.05) is 6.79 Å². The summed E-state index contributed by atoms with van der Waals surface area (Å²) >= 11 is 0. The second kappa shape index (κ2) is 8.36. The number of aromatic nitrogens is 4. The topological polar surface area (TPSA) is 108 Å². The number of carbonyl (C=O) groups excluding carboxylic acids is 1. The van der Waals surface area contributed by atoms with Gasteiger partial charge in [-0.3, -0.25) is 14.2 Å². The van der Waals surface area contributed by atoms with Crippen molar-refractivity contribution in [1.82, 2.24) is 24.8 Å². The molecule has 33 heavy (non-hydrogen) atoms. The fourth-order valence-corrected chi connectivity index (χ4v) is 4.36. The molecule has 0 saturated carbocycles. The minimum atomic E-state index is -0.972. The highest BCUT2D eigenvalue weighted by molar-refractivity contribution is 5.98. The lowest BCUT2D eigenvalue weighted by Crippen LogP contribution is -2.47. The molecule has 1 unspecified atom stereocenters. The number of amides is 1. The Bertz CT molecular complexity index is 1280. The molecule has 0 spiro atoms. The summed E-state index contributed by atoms with van der Waals surface area (Å²) in [5.41, 5.74) is 0.272. The molecule has 0 bridgehead atoms. The van der Waals surface area contributed by atoms with Gasteiger partial charge in [0.25, 0.3) is 11.5 Å². The van der Waals surface area contributed by atoms with E-state index < -0.39 is 17.3 Å². The van der Waals surface area contributed by atoms with Crippen LogP contribution in [0, 0.1) is 5.82 Å². The van der Waals surface area contributed by atoms with Gasteiger partial charge in [-0.25, -0.2) is 19.3 Å². The highest BCUT2D eigenvalue weighted by atomic mass is 19.1. The van der Waals surface area contributed by atoms with Crippen molar-refractivity contribution in [2.24, 2.45) is 0 Å². The minimum Gasteiger partial charge on any atom is -0.466 e. The number of carbonyl (C=O) groups is 1. The molecule has 170 valence electrons. The molecular formula is C23H22FN5O4. The quantitative estimate of drug-likeness (QED) is 0.652. The second-order valence-electron chi connectivity index (χ2n) is 8.35. The van der Waals surface area contributed by atoms with Crippen LogP contribution in [0.15, 0.2) is 41.6 Å². The zero-order valence-electron chi connectivity index (χ0n) is 18.0. The highest BCUT2D eigenvalue weighted by Gasteiger charge is 2.36. The van der Waals surface area contributed by atoms with Gasteiger partial charge in [0.2, 0.25) is 0 Å². The third-order valence-corrected chi connectivity index (χ3v) is 5.96. The van der Waals surface area contributed by atoms with Gasteiger partial charge in [-0.05, 0) is 44.4 Å². The Morgan fingerprint density at radius 1 is 1.24 bits per heavy atom. The fraction of sp³-hybridized carbons (Fsp3) is 0.348. The number of ether oxygens (including phenoxy) is 2. The molecule has 0 saturated heterocycles. The minimum absolute atomic E-state index is 0.0156. The van der Waals surface area contributed by atoms with Crippen LogP contribution in [0.5, 0.6) is 5.75 Å². The van der Waals surface area contributed by atoms with E-state index >= 15 is 0 Å². The average Bonchev–Trinajstić information content (AvgIpc) is 2.98. The average molecular weight is 451 g/mol. The fourth-order valence-electron chi connectivity index (χ4n) is 4.36. The van der Waals surface area contributed by atoms with Gasteiger partial charge in [0.05, 0.1) is 29.1 Å². The van der Waals surface area contributed by atoms with Crippen LogP contribution in [-0.2, 0) is 23.4 Å². The summed E-state index contributed by atoms with van der Waals surface area (Å²) in [6.07, 6.45) is 5.06. The molecule has 9 nitrogen and oxygen atoms in total. The Labute approximate surface area is 188 Å². The SMILES string of the molecule is CC1(NC(=O)c2cc(F)cc3c2OCOC3)CCCCn2c1nc(-c1ccncn1)cc2=O. The molecule has 2 aromatic heterocycles. The standard InChI is InChI=1S/C23H22FN5O4/c1-23(28-21(31)16-9-15(24)8-14-11-32-13-33-20(14)16)5-2-3-7-29-19(30)10-18(27-22(23)29)17-4-6-25-12-26-17/h4,6,8-10,12H,2-3,5,7,11,13H2,1H3,(H,28,31). The van der Waals surface area contributed by atoms with Crippen molar-refractivity contribution in [1.29, 1.82) is 0 Å². The van der Waals surface area contributed by atoms with Crippen LogP contribution in [-0.4, -0.2) is 32.2 Å². The molecule has 0 radical (unpaired) electrons. The van der Waals surface area contributed by atoms with E-state index in [1.165, 1.54) is 18.5 Å². The highest BCUT2D eigenvalue weighted by Crippen LogP contribution is 2.33. The number of hydrogen-bond acceptors (Lipinski definition) is 7. The van der Waals surface area contributed by atoms with Crippen LogP contribution >= 0.6 is 0 Å². The molecule has 2 aliphatic rings. The maximum atomic E-state index is 14.2. The summed E-state index contributed by atoms with van der Waals surface area (Å²) in [6, 6.07) is 5.56. The zero-order chi connectivity index (χ0) is 23.0. The zero-order valence-corrected chi connectivity index (χ0v) is 18.0. The first-order chi connectivity index (χ1) is 15.9. The lowest BCUT2D eigenvalue weighted by Gasteiger charge is -2.31. The maximum absolute atomic E-state index is 14.2. The van der Waals surface area contributed by atoms with E-state index in [0.29, 0.717) is 41.5 Å². The van der Waals surface area contributed by atoms with Crippen molar-refractivity contribution in [3.8, 4) is 17.1 Å². The Morgan fingerprint density at radius 3 is 2.94 bits per heavy atom. The van der Waals surface area contributed by atoms with Gasteiger partial charge < -0.3 is 14.8 Å². The van der Waals surface area contributed by atoms with E-state index in [1.807, 2.05) is 6.92 Å². The van der Waals surface area contributed by atoms with E-state index in [2.05, 4.69) is 15.3 Å². The van der Waals surface area contributed by atoms with Gasteiger partial charge in [-0.2, -0.15) is 0 Å². The number of nitrogens with one attached hydrogen (secondary N) is 1. The summed E-state index contributed by atoms with van der Waals surface area (Å²) in [6.45, 7) is 2.46. The Balaban J connectivity index is 1.57. The molecule has 3 aromatic rings. The monoisotopic (exact) mass is 451 g/mol. The van der Waals surface area contributed by atoms with E-state index in [-0.39, 0.29) is 24.5 Å². The van der Waals surface area contributed by atoms with Crippen molar-refractivity contribution < 1.29 is 18.7 Å². The predicted molar refractivity (Wildman–Crippen MR) is 115 cm³/mol. The van der Waals surface area contributed by atoms with Crippen LogP contribution in [0.2, 0.25) is 0 Å². The normalized spacial score (nSPS) is 19.6. The van der Waals surface area contributed by atoms with E-state index in [9.17, 15) is 14.0 Å². The third kappa shape index (κ3) is 3.97. The molecule has 0 fully saturated rings. The van der Waals surface area contributed by atoms with Crippen LogP contribution in [0.4, 0.5) is 4.39 Å². The number of nitrogens with zero attached hydrogens (tertiary/aromatic N) is 4. The van der Waals surface area contributed by atoms with Gasteiger partial charge in [-0.15, -0.1) is 0 Å². The third-order valence-electron chi connectivity index (χ3n) is 5.96. The van der Waals surface area contributed by atoms with E-state index in [0.717, 1.165) is 18.9 Å². The Morgan fingerprint density at radius 2 is 2.12 bits per heavy atom. The van der Waals surface area contributed by atoms with Crippen molar-refractivity contribution >= 4 is 5.91 Å². The first kappa shape index (κ1) is 21.2. The molecule has 2 aliphatic heterocycles. The number of rotatable bonds is 3. The molecule has 1 aromatic carbocycles. The molecule has 1 amide bonds. The Hall–Kier alpha value is -3.66. The molecule has 4 heterocycles. The van der Waals surface area contributed by atoms with Crippen LogP contribution < -0.4 is 15.6 Å². The maximum Gasteiger partial charge on any atom is 0.255 e. The second-order valence-corrected chi connectivity index (χ2v) is 8.35. The number of halogens is 1. The van der Waals surface area contributed by atoms with E-state index in [4.69, 9.17) is 14.5 Å². The molecule has 10 heteroatoms. The van der Waals surface area contributed by atoms with Gasteiger partial charge in [-0.1, -0.05) is 0 Å². The van der Waals surface area contributed by atoms with Crippen molar-refractivity contribution in [3.63, 3.8) is 0 Å². The molecule has 1 atom stereocenters. The summed E-state index contributed by atoms with van der Waals surface area (Å²) in [7, 11) is 0. The molecular weight excluding hydrogens is 429 g/mol. The van der Waals surface area contributed by atoms with Gasteiger partial charge in [0.1, 0.15) is 23.7 Å². The number of hydrogen-bond donors (Lipinski definition) is 1. The summed E-state index contributed by atoms with van der Waals surface area (Å²) < 4.78 is 26.5. The van der Waals surface area contributed by atoms with Crippen molar-refractivity contribution in [2.45, 2.75) is 44.9 Å². The summed E-state index contributed by atoms with van der Waals surface area (Å²) in [5.74, 6) is -0.327. The molecule has 5 rings (SSSR count). The first-order valence-electron chi connectivity index (χ1n) is 10.7.